The van der Waals surface area contributed by atoms with E-state index >= 15 is 0 Å². The third-order valence-corrected chi connectivity index (χ3v) is 2.73. The molecule has 3 heteroatoms. The molecule has 2 aromatic carbocycles. The van der Waals surface area contributed by atoms with Gasteiger partial charge in [0.05, 0.1) is 6.61 Å². The predicted octanol–water partition coefficient (Wildman–Crippen LogP) is 3.35. The summed E-state index contributed by atoms with van der Waals surface area (Å²) in [5.41, 5.74) is 7.64. The summed E-state index contributed by atoms with van der Waals surface area (Å²) in [4.78, 5) is 0. The minimum absolute atomic E-state index is 0.258. The zero-order valence-electron chi connectivity index (χ0n) is 10.3. The van der Waals surface area contributed by atoms with Gasteiger partial charge in [-0.15, -0.1) is 0 Å². The van der Waals surface area contributed by atoms with E-state index in [-0.39, 0.29) is 5.82 Å². The average Bonchev–Trinajstić information content (AvgIpc) is 2.39. The van der Waals surface area contributed by atoms with Crippen LogP contribution in [0.5, 0.6) is 5.75 Å². The first-order valence-electron chi connectivity index (χ1n) is 5.96. The second kappa shape index (κ2) is 5.65. The van der Waals surface area contributed by atoms with E-state index in [9.17, 15) is 4.39 Å². The van der Waals surface area contributed by atoms with Crippen LogP contribution in [0.25, 0.3) is 11.1 Å². The molecular weight excluding hydrogens is 229 g/mol. The Labute approximate surface area is 106 Å². The van der Waals surface area contributed by atoms with E-state index in [1.165, 1.54) is 6.07 Å². The first kappa shape index (κ1) is 12.6. The summed E-state index contributed by atoms with van der Waals surface area (Å²) in [5, 5.41) is 0. The van der Waals surface area contributed by atoms with Crippen molar-refractivity contribution >= 4 is 0 Å². The van der Waals surface area contributed by atoms with Gasteiger partial charge in [-0.2, -0.15) is 0 Å². The van der Waals surface area contributed by atoms with Gasteiger partial charge in [0.25, 0.3) is 0 Å². The Bertz CT molecular complexity index is 540. The van der Waals surface area contributed by atoms with Crippen LogP contribution in [-0.4, -0.2) is 6.61 Å². The predicted molar refractivity (Wildman–Crippen MR) is 70.9 cm³/mol. The van der Waals surface area contributed by atoms with Gasteiger partial charge in [-0.3, -0.25) is 0 Å². The zero-order chi connectivity index (χ0) is 13.0. The van der Waals surface area contributed by atoms with Gasteiger partial charge in [0.1, 0.15) is 11.6 Å². The van der Waals surface area contributed by atoms with Crippen LogP contribution in [0, 0.1) is 5.82 Å². The molecule has 0 saturated heterocycles. The fraction of sp³-hybridized carbons (Fsp3) is 0.200. The van der Waals surface area contributed by atoms with Crippen molar-refractivity contribution < 1.29 is 9.13 Å². The van der Waals surface area contributed by atoms with Crippen LogP contribution in [-0.2, 0) is 6.54 Å². The van der Waals surface area contributed by atoms with E-state index in [0.717, 1.165) is 16.9 Å². The summed E-state index contributed by atoms with van der Waals surface area (Å²) in [6, 6.07) is 12.5. The van der Waals surface area contributed by atoms with Crippen LogP contribution < -0.4 is 10.5 Å². The van der Waals surface area contributed by atoms with Crippen molar-refractivity contribution in [2.45, 2.75) is 13.5 Å². The number of hydrogen-bond acceptors (Lipinski definition) is 2. The van der Waals surface area contributed by atoms with Crippen LogP contribution in [0.15, 0.2) is 42.5 Å². The Morgan fingerprint density at radius 2 is 2.00 bits per heavy atom. The van der Waals surface area contributed by atoms with Crippen molar-refractivity contribution in [2.24, 2.45) is 5.73 Å². The maximum atomic E-state index is 13.9. The molecule has 0 atom stereocenters. The quantitative estimate of drug-likeness (QED) is 0.896. The largest absolute Gasteiger partial charge is 0.494 e. The Hall–Kier alpha value is -1.87. The first-order chi connectivity index (χ1) is 8.74. The molecule has 2 N–H and O–H groups in total. The first-order valence-corrected chi connectivity index (χ1v) is 5.96. The highest BCUT2D eigenvalue weighted by Gasteiger charge is 2.06. The molecule has 0 fully saturated rings. The SMILES string of the molecule is CCOc1cccc(-c2ccc(CN)cc2F)c1. The van der Waals surface area contributed by atoms with E-state index < -0.39 is 0 Å². The number of halogens is 1. The van der Waals surface area contributed by atoms with Crippen molar-refractivity contribution in [1.29, 1.82) is 0 Å². The standard InChI is InChI=1S/C15H16FNO/c1-2-18-13-5-3-4-12(9-13)14-7-6-11(10-17)8-15(14)16/h3-9H,2,10,17H2,1H3. The summed E-state index contributed by atoms with van der Waals surface area (Å²) in [7, 11) is 0. The fourth-order valence-electron chi connectivity index (χ4n) is 1.84. The summed E-state index contributed by atoms with van der Waals surface area (Å²) in [6.45, 7) is 2.86. The van der Waals surface area contributed by atoms with Gasteiger partial charge in [0.2, 0.25) is 0 Å². The number of nitrogens with two attached hydrogens (primary N) is 1. The Morgan fingerprint density at radius 1 is 1.17 bits per heavy atom. The molecule has 0 amide bonds. The van der Waals surface area contributed by atoms with Gasteiger partial charge in [-0.05, 0) is 36.2 Å². The molecule has 94 valence electrons. The van der Waals surface area contributed by atoms with Gasteiger partial charge in [0, 0.05) is 12.1 Å². The maximum absolute atomic E-state index is 13.9. The number of hydrogen-bond donors (Lipinski definition) is 1. The molecule has 0 saturated carbocycles. The van der Waals surface area contributed by atoms with Gasteiger partial charge in [-0.25, -0.2) is 4.39 Å². The van der Waals surface area contributed by atoms with E-state index in [1.807, 2.05) is 37.3 Å². The Balaban J connectivity index is 2.38. The highest BCUT2D eigenvalue weighted by molar-refractivity contribution is 5.66. The molecule has 0 heterocycles. The van der Waals surface area contributed by atoms with Gasteiger partial charge in [0.15, 0.2) is 0 Å². The molecular formula is C15H16FNO. The molecule has 0 aliphatic rings. The topological polar surface area (TPSA) is 35.2 Å². The lowest BCUT2D eigenvalue weighted by atomic mass is 10.0. The van der Waals surface area contributed by atoms with Crippen LogP contribution in [0.3, 0.4) is 0 Å². The second-order valence-corrected chi connectivity index (χ2v) is 3.98. The molecule has 0 aromatic heterocycles. The lowest BCUT2D eigenvalue weighted by molar-refractivity contribution is 0.340. The van der Waals surface area contributed by atoms with Crippen molar-refractivity contribution in [1.82, 2.24) is 0 Å². The number of ether oxygens (including phenoxy) is 1. The van der Waals surface area contributed by atoms with Crippen molar-refractivity contribution in [3.8, 4) is 16.9 Å². The molecule has 0 spiro atoms. The van der Waals surface area contributed by atoms with E-state index in [2.05, 4.69) is 0 Å². The van der Waals surface area contributed by atoms with Gasteiger partial charge < -0.3 is 10.5 Å². The maximum Gasteiger partial charge on any atom is 0.131 e. The summed E-state index contributed by atoms with van der Waals surface area (Å²) in [5.74, 6) is 0.490. The van der Waals surface area contributed by atoms with E-state index in [0.29, 0.717) is 18.7 Å². The zero-order valence-corrected chi connectivity index (χ0v) is 10.3. The smallest absolute Gasteiger partial charge is 0.131 e. The second-order valence-electron chi connectivity index (χ2n) is 3.98. The van der Waals surface area contributed by atoms with Crippen LogP contribution in [0.1, 0.15) is 12.5 Å². The minimum Gasteiger partial charge on any atom is -0.494 e. The lowest BCUT2D eigenvalue weighted by Crippen LogP contribution is -1.97. The highest BCUT2D eigenvalue weighted by Crippen LogP contribution is 2.26. The Morgan fingerprint density at radius 3 is 2.67 bits per heavy atom. The third-order valence-electron chi connectivity index (χ3n) is 2.73. The van der Waals surface area contributed by atoms with E-state index in [4.69, 9.17) is 10.5 Å². The number of benzene rings is 2. The molecule has 0 radical (unpaired) electrons. The fourth-order valence-corrected chi connectivity index (χ4v) is 1.84. The molecule has 18 heavy (non-hydrogen) atoms. The van der Waals surface area contributed by atoms with Crippen molar-refractivity contribution in [3.63, 3.8) is 0 Å². The number of rotatable bonds is 4. The summed E-state index contributed by atoms with van der Waals surface area (Å²) < 4.78 is 19.4. The molecule has 2 nitrogen and oxygen atoms in total. The normalized spacial score (nSPS) is 10.4. The minimum atomic E-state index is -0.258. The summed E-state index contributed by atoms with van der Waals surface area (Å²) in [6.07, 6.45) is 0. The highest BCUT2D eigenvalue weighted by atomic mass is 19.1. The Kier molecular flexibility index (Phi) is 3.95. The summed E-state index contributed by atoms with van der Waals surface area (Å²) >= 11 is 0. The van der Waals surface area contributed by atoms with Crippen molar-refractivity contribution in [3.05, 3.63) is 53.8 Å². The van der Waals surface area contributed by atoms with Crippen LogP contribution in [0.4, 0.5) is 4.39 Å². The third kappa shape index (κ3) is 2.68. The molecule has 0 bridgehead atoms. The van der Waals surface area contributed by atoms with Crippen LogP contribution in [0.2, 0.25) is 0 Å². The average molecular weight is 245 g/mol. The molecule has 0 aliphatic carbocycles. The monoisotopic (exact) mass is 245 g/mol. The molecule has 2 aromatic rings. The van der Waals surface area contributed by atoms with Crippen LogP contribution >= 0.6 is 0 Å². The molecule has 2 rings (SSSR count). The van der Waals surface area contributed by atoms with Gasteiger partial charge in [-0.1, -0.05) is 24.3 Å². The molecule has 0 aliphatic heterocycles. The lowest BCUT2D eigenvalue weighted by Gasteiger charge is -2.08. The van der Waals surface area contributed by atoms with E-state index in [1.54, 1.807) is 6.07 Å². The van der Waals surface area contributed by atoms with Crippen molar-refractivity contribution in [2.75, 3.05) is 6.61 Å². The van der Waals surface area contributed by atoms with Gasteiger partial charge >= 0.3 is 0 Å². The molecule has 0 unspecified atom stereocenters.